The summed E-state index contributed by atoms with van der Waals surface area (Å²) < 4.78 is 0. The van der Waals surface area contributed by atoms with Crippen molar-refractivity contribution >= 4 is 23.3 Å². The van der Waals surface area contributed by atoms with Gasteiger partial charge in [-0.2, -0.15) is 0 Å². The van der Waals surface area contributed by atoms with Crippen molar-refractivity contribution in [1.82, 2.24) is 20.5 Å². The largest absolute Gasteiger partial charge is 0.338 e. The van der Waals surface area contributed by atoms with Gasteiger partial charge in [-0.05, 0) is 32.1 Å². The van der Waals surface area contributed by atoms with Crippen LogP contribution in [-0.2, 0) is 6.42 Å². The van der Waals surface area contributed by atoms with E-state index in [9.17, 15) is 9.59 Å². The third-order valence-corrected chi connectivity index (χ3v) is 6.25. The molecule has 1 aromatic rings. The van der Waals surface area contributed by atoms with Crippen LogP contribution in [0.4, 0.5) is 4.79 Å². The van der Waals surface area contributed by atoms with E-state index in [1.54, 1.807) is 6.20 Å². The quantitative estimate of drug-likeness (QED) is 0.863. The predicted molar refractivity (Wildman–Crippen MR) is 99.0 cm³/mol. The topological polar surface area (TPSA) is 74.3 Å². The molecule has 0 spiro atoms. The smallest absolute Gasteiger partial charge is 0.315 e. The summed E-state index contributed by atoms with van der Waals surface area (Å²) in [7, 11) is 0. The zero-order valence-corrected chi connectivity index (χ0v) is 15.7. The molecule has 3 rings (SSSR count). The van der Waals surface area contributed by atoms with Gasteiger partial charge in [0.05, 0.1) is 11.2 Å². The second kappa shape index (κ2) is 8.65. The molecule has 2 fully saturated rings. The summed E-state index contributed by atoms with van der Waals surface area (Å²) in [4.78, 5) is 31.5. The predicted octanol–water partition coefficient (Wildman–Crippen LogP) is 2.94. The van der Waals surface area contributed by atoms with E-state index in [4.69, 9.17) is 0 Å². The SMILES string of the molecule is CCc1ncc(C(=O)N2CCC(NC(=O)NC3CCCCC3)CC2)s1. The van der Waals surface area contributed by atoms with E-state index >= 15 is 0 Å². The van der Waals surface area contributed by atoms with Crippen LogP contribution in [0.2, 0.25) is 0 Å². The minimum atomic E-state index is -0.0493. The Hall–Kier alpha value is -1.63. The number of rotatable bonds is 4. The van der Waals surface area contributed by atoms with E-state index in [0.717, 1.165) is 42.0 Å². The van der Waals surface area contributed by atoms with Crippen molar-refractivity contribution < 1.29 is 9.59 Å². The number of nitrogens with one attached hydrogen (secondary N) is 2. The van der Waals surface area contributed by atoms with E-state index < -0.39 is 0 Å². The fourth-order valence-electron chi connectivity index (χ4n) is 3.61. The fourth-order valence-corrected chi connectivity index (χ4v) is 4.44. The van der Waals surface area contributed by atoms with Crippen LogP contribution >= 0.6 is 11.3 Å². The van der Waals surface area contributed by atoms with Crippen LogP contribution in [0.5, 0.6) is 0 Å². The van der Waals surface area contributed by atoms with Gasteiger partial charge in [0.15, 0.2) is 0 Å². The number of amides is 3. The summed E-state index contributed by atoms with van der Waals surface area (Å²) in [5.74, 6) is 0.0716. The number of urea groups is 1. The molecule has 1 saturated carbocycles. The van der Waals surface area contributed by atoms with Crippen LogP contribution in [0.25, 0.3) is 0 Å². The second-order valence-electron chi connectivity index (χ2n) is 6.99. The first-order chi connectivity index (χ1) is 12.2. The molecule has 138 valence electrons. The fraction of sp³-hybridized carbons (Fsp3) is 0.722. The highest BCUT2D eigenvalue weighted by Gasteiger charge is 2.26. The molecule has 1 aliphatic heterocycles. The maximum Gasteiger partial charge on any atom is 0.315 e. The lowest BCUT2D eigenvalue weighted by Gasteiger charge is -2.32. The Kier molecular flexibility index (Phi) is 6.29. The molecular weight excluding hydrogens is 336 g/mol. The number of thiazole rings is 1. The van der Waals surface area contributed by atoms with E-state index in [2.05, 4.69) is 15.6 Å². The summed E-state index contributed by atoms with van der Waals surface area (Å²) in [6.45, 7) is 3.42. The van der Waals surface area contributed by atoms with Crippen molar-refractivity contribution in [2.24, 2.45) is 0 Å². The second-order valence-corrected chi connectivity index (χ2v) is 8.11. The third-order valence-electron chi connectivity index (χ3n) is 5.12. The van der Waals surface area contributed by atoms with Gasteiger partial charge < -0.3 is 15.5 Å². The van der Waals surface area contributed by atoms with Gasteiger partial charge in [0, 0.05) is 25.2 Å². The van der Waals surface area contributed by atoms with Gasteiger partial charge in [-0.1, -0.05) is 26.2 Å². The Labute approximate surface area is 153 Å². The first kappa shape index (κ1) is 18.2. The standard InChI is InChI=1S/C18H28N4O2S/c1-2-16-19-12-15(25-16)17(23)22-10-8-14(9-11-22)21-18(24)20-13-6-4-3-5-7-13/h12-14H,2-11H2,1H3,(H2,20,21,24). The van der Waals surface area contributed by atoms with E-state index in [-0.39, 0.29) is 18.0 Å². The molecule has 25 heavy (non-hydrogen) atoms. The molecule has 3 amide bonds. The van der Waals surface area contributed by atoms with Crippen molar-refractivity contribution in [3.05, 3.63) is 16.1 Å². The Balaban J connectivity index is 1.42. The normalized spacial score (nSPS) is 19.6. The van der Waals surface area contributed by atoms with Crippen molar-refractivity contribution in [3.63, 3.8) is 0 Å². The van der Waals surface area contributed by atoms with Gasteiger partial charge in [-0.25, -0.2) is 9.78 Å². The molecule has 0 radical (unpaired) electrons. The van der Waals surface area contributed by atoms with Crippen LogP contribution in [-0.4, -0.2) is 47.0 Å². The molecule has 0 bridgehead atoms. The van der Waals surface area contributed by atoms with Gasteiger partial charge in [-0.3, -0.25) is 4.79 Å². The number of hydrogen-bond acceptors (Lipinski definition) is 4. The van der Waals surface area contributed by atoms with Gasteiger partial charge >= 0.3 is 6.03 Å². The molecule has 7 heteroatoms. The molecule has 0 unspecified atom stereocenters. The Morgan fingerprint density at radius 1 is 1.12 bits per heavy atom. The lowest BCUT2D eigenvalue weighted by atomic mass is 9.96. The third kappa shape index (κ3) is 4.93. The number of carbonyl (C=O) groups is 2. The number of likely N-dealkylation sites (tertiary alicyclic amines) is 1. The summed E-state index contributed by atoms with van der Waals surface area (Å²) in [6, 6.07) is 0.432. The first-order valence-electron chi connectivity index (χ1n) is 9.46. The van der Waals surface area contributed by atoms with E-state index in [1.165, 1.54) is 30.6 Å². The number of nitrogens with zero attached hydrogens (tertiary/aromatic N) is 2. The summed E-state index contributed by atoms with van der Waals surface area (Å²) in [5.41, 5.74) is 0. The average Bonchev–Trinajstić information content (AvgIpc) is 3.12. The molecule has 1 aromatic heterocycles. The van der Waals surface area contributed by atoms with Crippen LogP contribution < -0.4 is 10.6 Å². The Morgan fingerprint density at radius 3 is 2.36 bits per heavy atom. The van der Waals surface area contributed by atoms with Gasteiger partial charge in [0.1, 0.15) is 4.88 Å². The molecule has 1 aliphatic carbocycles. The van der Waals surface area contributed by atoms with Gasteiger partial charge in [-0.15, -0.1) is 11.3 Å². The molecule has 2 aliphatic rings. The lowest BCUT2D eigenvalue weighted by molar-refractivity contribution is 0.0713. The van der Waals surface area contributed by atoms with Crippen LogP contribution in [0.15, 0.2) is 6.20 Å². The highest BCUT2D eigenvalue weighted by Crippen LogP contribution is 2.20. The van der Waals surface area contributed by atoms with Crippen molar-refractivity contribution in [3.8, 4) is 0 Å². The highest BCUT2D eigenvalue weighted by atomic mass is 32.1. The highest BCUT2D eigenvalue weighted by molar-refractivity contribution is 7.13. The summed E-state index contributed by atoms with van der Waals surface area (Å²) in [5, 5.41) is 7.18. The average molecular weight is 365 g/mol. The van der Waals surface area contributed by atoms with E-state index in [1.807, 2.05) is 11.8 Å². The van der Waals surface area contributed by atoms with Crippen LogP contribution in [0.3, 0.4) is 0 Å². The molecular formula is C18H28N4O2S. The van der Waals surface area contributed by atoms with E-state index in [0.29, 0.717) is 19.1 Å². The maximum absolute atomic E-state index is 12.5. The van der Waals surface area contributed by atoms with Crippen molar-refractivity contribution in [2.75, 3.05) is 13.1 Å². The number of carbonyl (C=O) groups excluding carboxylic acids is 2. The van der Waals surface area contributed by atoms with Crippen molar-refractivity contribution in [1.29, 1.82) is 0 Å². The monoisotopic (exact) mass is 364 g/mol. The summed E-state index contributed by atoms with van der Waals surface area (Å²) >= 11 is 1.48. The molecule has 2 heterocycles. The number of aromatic nitrogens is 1. The minimum Gasteiger partial charge on any atom is -0.338 e. The van der Waals surface area contributed by atoms with Crippen LogP contribution in [0.1, 0.15) is 66.5 Å². The minimum absolute atomic E-state index is 0.0493. The van der Waals surface area contributed by atoms with Crippen molar-refractivity contribution in [2.45, 2.75) is 70.4 Å². The number of piperidine rings is 1. The molecule has 6 nitrogen and oxygen atoms in total. The van der Waals surface area contributed by atoms with Gasteiger partial charge in [0.25, 0.3) is 5.91 Å². The number of hydrogen-bond donors (Lipinski definition) is 2. The Bertz CT molecular complexity index is 590. The number of aryl methyl sites for hydroxylation is 1. The zero-order chi connectivity index (χ0) is 17.6. The molecule has 2 N–H and O–H groups in total. The summed E-state index contributed by atoms with van der Waals surface area (Å²) in [6.07, 6.45) is 10.1. The first-order valence-corrected chi connectivity index (χ1v) is 10.3. The lowest BCUT2D eigenvalue weighted by Crippen LogP contribution is -2.51. The van der Waals surface area contributed by atoms with Crippen LogP contribution in [0, 0.1) is 0 Å². The zero-order valence-electron chi connectivity index (χ0n) is 14.9. The molecule has 0 atom stereocenters. The van der Waals surface area contributed by atoms with Gasteiger partial charge in [0.2, 0.25) is 0 Å². The molecule has 1 saturated heterocycles. The maximum atomic E-state index is 12.5. The Morgan fingerprint density at radius 2 is 1.76 bits per heavy atom. The molecule has 0 aromatic carbocycles.